The zero-order valence-electron chi connectivity index (χ0n) is 40.6. The van der Waals surface area contributed by atoms with Gasteiger partial charge in [-0.25, -0.2) is 18.0 Å². The molecule has 4 aliphatic rings. The van der Waals surface area contributed by atoms with Gasteiger partial charge in [0, 0.05) is 93.4 Å². The van der Waals surface area contributed by atoms with Crippen molar-refractivity contribution in [3.63, 3.8) is 0 Å². The summed E-state index contributed by atoms with van der Waals surface area (Å²) in [4.78, 5) is 52.7. The highest BCUT2D eigenvalue weighted by molar-refractivity contribution is 7.94. The molecule has 3 aliphatic heterocycles. The summed E-state index contributed by atoms with van der Waals surface area (Å²) in [7, 11) is -4.73. The molecule has 3 heterocycles. The number of aromatic hydroxyl groups is 1. The lowest BCUT2D eigenvalue weighted by molar-refractivity contribution is -0.630. The monoisotopic (exact) mass is 1030 g/mol. The molecule has 8 rings (SSSR count). The Morgan fingerprint density at radius 1 is 0.863 bits per heavy atom. The second-order valence-electron chi connectivity index (χ2n) is 18.8. The molecule has 4 N–H and O–H groups in total. The van der Waals surface area contributed by atoms with Crippen LogP contribution >= 0.6 is 12.0 Å². The van der Waals surface area contributed by atoms with Crippen LogP contribution in [0.1, 0.15) is 97.7 Å². The Bertz CT molecular complexity index is 3500. The van der Waals surface area contributed by atoms with Gasteiger partial charge in [0.05, 0.1) is 33.5 Å². The van der Waals surface area contributed by atoms with E-state index in [2.05, 4.69) is 46.0 Å². The number of hydrogen-bond donors (Lipinski definition) is 4. The van der Waals surface area contributed by atoms with E-state index in [0.717, 1.165) is 57.9 Å². The van der Waals surface area contributed by atoms with Gasteiger partial charge in [0.15, 0.2) is 11.1 Å². The van der Waals surface area contributed by atoms with Gasteiger partial charge in [-0.05, 0) is 118 Å². The molecular formula is C55H52N3O13S2-. The molecule has 18 heteroatoms. The van der Waals surface area contributed by atoms with E-state index >= 15 is 0 Å². The quantitative estimate of drug-likeness (QED) is 0.00917. The molecule has 0 bridgehead atoms. The number of allylic oxidation sites excluding steroid dienone is 6. The van der Waals surface area contributed by atoms with Crippen LogP contribution in [0.4, 0.5) is 11.4 Å². The van der Waals surface area contributed by atoms with E-state index in [1.54, 1.807) is 6.07 Å². The smallest absolute Gasteiger partial charge is 0.336 e. The first-order valence-electron chi connectivity index (χ1n) is 23.5. The lowest BCUT2D eigenvalue weighted by atomic mass is 9.81. The van der Waals surface area contributed by atoms with Crippen molar-refractivity contribution in [1.82, 2.24) is 5.32 Å². The number of fused-ring (bicyclic) bond motifs is 4. The first kappa shape index (κ1) is 52.0. The van der Waals surface area contributed by atoms with Crippen LogP contribution < -0.4 is 20.9 Å². The highest BCUT2D eigenvalue weighted by Gasteiger charge is 2.45. The molecule has 0 unspecified atom stereocenters. The second-order valence-corrected chi connectivity index (χ2v) is 21.0. The third-order valence-corrected chi connectivity index (χ3v) is 15.0. The van der Waals surface area contributed by atoms with Crippen molar-refractivity contribution in [2.24, 2.45) is 0 Å². The van der Waals surface area contributed by atoms with E-state index < -0.39 is 32.9 Å². The number of carboxylic acid groups (broad SMARTS) is 2. The molecular weight excluding hydrogens is 975 g/mol. The molecule has 0 atom stereocenters. The van der Waals surface area contributed by atoms with Crippen molar-refractivity contribution >= 4 is 68.1 Å². The molecule has 0 saturated heterocycles. The summed E-state index contributed by atoms with van der Waals surface area (Å²) in [5.41, 5.74) is 4.67. The Morgan fingerprint density at radius 3 is 2.34 bits per heavy atom. The lowest BCUT2D eigenvalue weighted by Gasteiger charge is -2.25. The van der Waals surface area contributed by atoms with Crippen LogP contribution in [0.5, 0.6) is 5.75 Å². The Kier molecular flexibility index (Phi) is 14.7. The van der Waals surface area contributed by atoms with Crippen molar-refractivity contribution in [2.75, 3.05) is 18.0 Å². The number of carbonyl (C=O) groups is 3. The predicted molar refractivity (Wildman–Crippen MR) is 273 cm³/mol. The van der Waals surface area contributed by atoms with Crippen molar-refractivity contribution in [3.8, 4) is 28.2 Å². The van der Waals surface area contributed by atoms with E-state index in [-0.39, 0.29) is 68.5 Å². The molecule has 16 nitrogen and oxygen atoms in total. The third kappa shape index (κ3) is 10.2. The van der Waals surface area contributed by atoms with Crippen LogP contribution in [0, 0.1) is 0 Å². The number of phenolic OH excluding ortho intramolecular Hbond substituents is 1. The van der Waals surface area contributed by atoms with Crippen molar-refractivity contribution in [3.05, 3.63) is 159 Å². The highest BCUT2D eigenvalue weighted by atomic mass is 32.2. The second kappa shape index (κ2) is 20.6. The lowest BCUT2D eigenvalue weighted by Crippen LogP contribution is -2.28. The molecule has 378 valence electrons. The number of aromatic carboxylic acids is 2. The average Bonchev–Trinajstić information content (AvgIpc) is 3.69. The zero-order chi connectivity index (χ0) is 52.6. The number of benzene rings is 5. The summed E-state index contributed by atoms with van der Waals surface area (Å²) in [5.74, 6) is -3.16. The van der Waals surface area contributed by atoms with Crippen LogP contribution in [-0.4, -0.2) is 69.5 Å². The number of likely N-dealkylation sites (N-methyl/N-ethyl adjacent to an activating group) is 1. The fourth-order valence-corrected chi connectivity index (χ4v) is 10.9. The van der Waals surface area contributed by atoms with Gasteiger partial charge in [-0.2, -0.15) is 4.58 Å². The predicted octanol–water partition coefficient (Wildman–Crippen LogP) is 8.94. The molecule has 0 radical (unpaired) electrons. The minimum atomic E-state index is -4.73. The zero-order valence-corrected chi connectivity index (χ0v) is 42.2. The SMILES string of the molecule is CCN1/C(=C/C=C/C=C/C2=[N+](CCCCCC(=O)NCc3c(O)ccc4c(-c5ccc(C(=O)O)cc5C(=O)O)c5ccc(=O)cc-5oc34)c3ccc(S(=O)(=O)[O-])cc3C2(C)C)C(C)(C)c2cc(SO[O-])ccc21. The van der Waals surface area contributed by atoms with Crippen molar-refractivity contribution < 1.29 is 61.3 Å². The molecule has 1 amide bonds. The fraction of sp³-hybridized carbons (Fsp3) is 0.255. The number of hydrogen-bond acceptors (Lipinski definition) is 13. The number of rotatable bonds is 18. The number of carbonyl (C=O) groups excluding carboxylic acids is 1. The fourth-order valence-electron chi connectivity index (χ4n) is 10.0. The molecule has 73 heavy (non-hydrogen) atoms. The molecule has 0 fully saturated rings. The molecule has 0 aromatic heterocycles. The highest BCUT2D eigenvalue weighted by Crippen LogP contribution is 2.49. The average molecular weight is 1030 g/mol. The maximum Gasteiger partial charge on any atom is 0.336 e. The minimum Gasteiger partial charge on any atom is -0.744 e. The normalized spacial score (nSPS) is 15.5. The summed E-state index contributed by atoms with van der Waals surface area (Å²) in [6.45, 7) is 11.3. The van der Waals surface area contributed by atoms with Crippen LogP contribution in [0.3, 0.4) is 0 Å². The number of phenols is 1. The number of carboxylic acids is 2. The first-order chi connectivity index (χ1) is 34.7. The Hall–Kier alpha value is -7.35. The minimum absolute atomic E-state index is 0.0831. The summed E-state index contributed by atoms with van der Waals surface area (Å²) >= 11 is 0.776. The van der Waals surface area contributed by atoms with E-state index in [0.29, 0.717) is 47.9 Å². The van der Waals surface area contributed by atoms with E-state index in [1.807, 2.05) is 56.4 Å². The first-order valence-corrected chi connectivity index (χ1v) is 25.6. The summed E-state index contributed by atoms with van der Waals surface area (Å²) < 4.78 is 48.8. The van der Waals surface area contributed by atoms with Gasteiger partial charge in [-0.3, -0.25) is 9.59 Å². The molecule has 4 aromatic rings. The number of unbranched alkanes of at least 4 members (excludes halogenated alkanes) is 2. The van der Waals surface area contributed by atoms with Gasteiger partial charge in [-0.1, -0.05) is 38.1 Å². The Balaban J connectivity index is 0.986. The van der Waals surface area contributed by atoms with E-state index in [1.165, 1.54) is 54.6 Å². The van der Waals surface area contributed by atoms with Crippen LogP contribution in [-0.2, 0) is 36.6 Å². The topological polar surface area (TPSA) is 250 Å². The molecule has 0 spiro atoms. The van der Waals surface area contributed by atoms with Crippen molar-refractivity contribution in [1.29, 1.82) is 0 Å². The van der Waals surface area contributed by atoms with E-state index in [4.69, 9.17) is 4.42 Å². The maximum absolute atomic E-state index is 13.4. The Morgan fingerprint density at radius 2 is 1.63 bits per heavy atom. The molecule has 4 aromatic carbocycles. The number of anilines is 1. The van der Waals surface area contributed by atoms with Crippen LogP contribution in [0.15, 0.2) is 140 Å². The number of amides is 1. The molecule has 0 saturated carbocycles. The van der Waals surface area contributed by atoms with Gasteiger partial charge in [0.2, 0.25) is 11.6 Å². The van der Waals surface area contributed by atoms with Crippen molar-refractivity contribution in [2.45, 2.75) is 87.5 Å². The van der Waals surface area contributed by atoms with Gasteiger partial charge < -0.3 is 44.1 Å². The molecule has 1 aliphatic carbocycles. The number of nitrogens with zero attached hydrogens (tertiary/aromatic N) is 2. The maximum atomic E-state index is 13.4. The Labute approximate surface area is 425 Å². The van der Waals surface area contributed by atoms with Gasteiger partial charge in [0.25, 0.3) is 0 Å². The number of nitrogens with one attached hydrogen (secondary N) is 1. The van der Waals surface area contributed by atoms with Gasteiger partial charge in [0.1, 0.15) is 33.8 Å². The summed E-state index contributed by atoms with van der Waals surface area (Å²) in [6, 6.07) is 20.9. The van der Waals surface area contributed by atoms with Crippen LogP contribution in [0.2, 0.25) is 0 Å². The van der Waals surface area contributed by atoms with E-state index in [9.17, 15) is 52.7 Å². The summed E-state index contributed by atoms with van der Waals surface area (Å²) in [5, 5.41) is 44.9. The largest absolute Gasteiger partial charge is 0.744 e. The third-order valence-electron chi connectivity index (χ3n) is 13.6. The van der Waals surface area contributed by atoms with Gasteiger partial charge in [-0.15, -0.1) is 0 Å². The summed E-state index contributed by atoms with van der Waals surface area (Å²) in [6.07, 6.45) is 11.7. The standard InChI is InChI=1S/C55H53N3O13S2/c1-6-57-43-23-18-34(72-71-66)29-41(43)54(2,3)47(57)13-9-7-10-14-48-55(4,5)42-30-35(73(67,68)69)19-24-44(42)58(48)26-12-8-11-15-49(61)56-31-40-45(60)25-22-38-50(37-21-17-33(59)28-46(37)70-51(38)40)36-20-16-32(52(62)63)27-39(36)53(64)65/h7,9-10,13-14,16-25,27-30H,6,8,11-12,15,26,31H2,1-5H3,(H5-,56,60,61,62,63,64,65,66,67,68,69)/p-1. The van der Waals surface area contributed by atoms with Crippen LogP contribution in [0.25, 0.3) is 33.4 Å². The van der Waals surface area contributed by atoms with Gasteiger partial charge >= 0.3 is 11.9 Å².